The van der Waals surface area contributed by atoms with Crippen molar-refractivity contribution in [3.8, 4) is 22.2 Å². The number of halogens is 1. The highest BCUT2D eigenvalue weighted by atomic mass is 35.5. The lowest BCUT2D eigenvalue weighted by atomic mass is 10.1. The second kappa shape index (κ2) is 14.5. The van der Waals surface area contributed by atoms with Crippen molar-refractivity contribution in [3.05, 3.63) is 46.4 Å². The van der Waals surface area contributed by atoms with Gasteiger partial charge in [-0.3, -0.25) is 14.3 Å². The molecule has 3 N–H and O–H groups in total. The number of fused-ring (bicyclic) bond motifs is 3. The molecule has 4 aliphatic rings. The Balaban J connectivity index is 1.20. The number of hydrogen-bond acceptors (Lipinski definition) is 10. The number of carbonyl (C=O) groups excluding carboxylic acids is 3. The molecular weight excluding hydrogens is 728 g/mol. The first kappa shape index (κ1) is 36.4. The van der Waals surface area contributed by atoms with Gasteiger partial charge < -0.3 is 25.0 Å². The minimum absolute atomic E-state index is 0.0836. The maximum atomic E-state index is 14.2. The highest BCUT2D eigenvalue weighted by molar-refractivity contribution is 7.91. The number of urea groups is 1. The summed E-state index contributed by atoms with van der Waals surface area (Å²) in [5.41, 5.74) is 0.508. The molecule has 2 aromatic heterocycles. The third-order valence-corrected chi connectivity index (χ3v) is 13.2. The molecule has 3 fully saturated rings. The number of rotatable bonds is 8. The highest BCUT2D eigenvalue weighted by Gasteiger charge is 2.62. The van der Waals surface area contributed by atoms with Gasteiger partial charge in [0.05, 0.1) is 30.1 Å². The highest BCUT2D eigenvalue weighted by Crippen LogP contribution is 2.46. The molecule has 3 aromatic rings. The second-order valence-corrected chi connectivity index (χ2v) is 17.5. The lowest BCUT2D eigenvalue weighted by Gasteiger charge is -2.26. The fraction of sp³-hybridized carbons (Fsp3) is 0.528. The van der Waals surface area contributed by atoms with Crippen LogP contribution in [0.4, 0.5) is 4.79 Å². The van der Waals surface area contributed by atoms with Crippen LogP contribution in [-0.4, -0.2) is 84.3 Å². The summed E-state index contributed by atoms with van der Waals surface area (Å²) in [6.07, 6.45) is 7.93. The molecule has 1 saturated heterocycles. The van der Waals surface area contributed by atoms with Crippen LogP contribution in [0.2, 0.25) is 5.02 Å². The number of allylic oxidation sites excluding steroid dienone is 1. The Kier molecular flexibility index (Phi) is 10.1. The molecule has 2 saturated carbocycles. The molecule has 278 valence electrons. The zero-order chi connectivity index (χ0) is 36.8. The average Bonchev–Trinajstić information content (AvgIpc) is 3.98. The predicted octanol–water partition coefficient (Wildman–Crippen LogP) is 5.29. The van der Waals surface area contributed by atoms with Gasteiger partial charge in [-0.2, -0.15) is 0 Å². The number of aromatic nitrogens is 2. The third-order valence-electron chi connectivity index (χ3n) is 10.2. The molecule has 16 heteroatoms. The van der Waals surface area contributed by atoms with Crippen LogP contribution in [-0.2, 0) is 19.6 Å². The van der Waals surface area contributed by atoms with E-state index < -0.39 is 50.8 Å². The van der Waals surface area contributed by atoms with E-state index in [0.717, 1.165) is 31.4 Å². The fourth-order valence-electron chi connectivity index (χ4n) is 6.87. The third kappa shape index (κ3) is 7.31. The summed E-state index contributed by atoms with van der Waals surface area (Å²) in [6.45, 7) is 4.66. The molecule has 52 heavy (non-hydrogen) atoms. The van der Waals surface area contributed by atoms with Crippen molar-refractivity contribution in [1.82, 2.24) is 30.2 Å². The summed E-state index contributed by atoms with van der Waals surface area (Å²) in [4.78, 5) is 52.5. The zero-order valence-corrected chi connectivity index (χ0v) is 31.7. The van der Waals surface area contributed by atoms with E-state index in [0.29, 0.717) is 57.5 Å². The molecule has 13 nitrogen and oxygen atoms in total. The van der Waals surface area contributed by atoms with Gasteiger partial charge in [0.25, 0.3) is 5.91 Å². The SMILES string of the molecule is COc1ccc2c(OC3CC4C(=O)NC5(C(=O)NS(=O)(=O)C6CC6)CC5/C=C\CCCCCNC(=O)N4C3)cc(-c3nc(C(C)C)cs3)nc2c1Cl. The molecule has 4 unspecified atom stereocenters. The lowest BCUT2D eigenvalue weighted by molar-refractivity contribution is -0.131. The number of sulfonamides is 1. The number of nitrogens with zero attached hydrogens (tertiary/aromatic N) is 3. The maximum absolute atomic E-state index is 14.2. The van der Waals surface area contributed by atoms with E-state index in [2.05, 4.69) is 29.2 Å². The van der Waals surface area contributed by atoms with Crippen LogP contribution in [0, 0.1) is 5.92 Å². The molecular formula is C36H43ClN6O7S2. The average molecular weight is 771 g/mol. The maximum Gasteiger partial charge on any atom is 0.318 e. The smallest absolute Gasteiger partial charge is 0.318 e. The van der Waals surface area contributed by atoms with Crippen molar-refractivity contribution >= 4 is 61.7 Å². The first-order valence-electron chi connectivity index (χ1n) is 17.8. The zero-order valence-electron chi connectivity index (χ0n) is 29.3. The predicted molar refractivity (Wildman–Crippen MR) is 198 cm³/mol. The molecule has 0 spiro atoms. The summed E-state index contributed by atoms with van der Waals surface area (Å²) in [7, 11) is -2.32. The van der Waals surface area contributed by atoms with Crippen LogP contribution in [0.1, 0.15) is 76.8 Å². The monoisotopic (exact) mass is 770 g/mol. The van der Waals surface area contributed by atoms with Crippen LogP contribution in [0.5, 0.6) is 11.5 Å². The van der Waals surface area contributed by atoms with Crippen molar-refractivity contribution in [2.75, 3.05) is 20.2 Å². The number of carbonyl (C=O) groups is 3. The van der Waals surface area contributed by atoms with Crippen molar-refractivity contribution in [2.24, 2.45) is 5.92 Å². The Morgan fingerprint density at radius 1 is 1.15 bits per heavy atom. The lowest BCUT2D eigenvalue weighted by Crippen LogP contribution is -2.57. The molecule has 0 bridgehead atoms. The summed E-state index contributed by atoms with van der Waals surface area (Å²) in [6, 6.07) is 3.92. The van der Waals surface area contributed by atoms with Crippen molar-refractivity contribution < 1.29 is 32.3 Å². The van der Waals surface area contributed by atoms with E-state index >= 15 is 0 Å². The minimum Gasteiger partial charge on any atom is -0.495 e. The largest absolute Gasteiger partial charge is 0.495 e. The number of benzene rings is 1. The number of hydrogen-bond donors (Lipinski definition) is 3. The number of ether oxygens (including phenoxy) is 2. The number of nitrogens with one attached hydrogen (secondary N) is 3. The van der Waals surface area contributed by atoms with Gasteiger partial charge in [0.2, 0.25) is 15.9 Å². The Morgan fingerprint density at radius 3 is 2.69 bits per heavy atom. The van der Waals surface area contributed by atoms with Crippen LogP contribution >= 0.6 is 22.9 Å². The van der Waals surface area contributed by atoms with Gasteiger partial charge in [-0.25, -0.2) is 23.2 Å². The number of thiazole rings is 1. The molecule has 1 aromatic carbocycles. The van der Waals surface area contributed by atoms with E-state index in [1.807, 2.05) is 17.5 Å². The summed E-state index contributed by atoms with van der Waals surface area (Å²) < 4.78 is 39.9. The number of amides is 4. The van der Waals surface area contributed by atoms with Gasteiger partial charge in [0, 0.05) is 35.7 Å². The van der Waals surface area contributed by atoms with E-state index in [4.69, 9.17) is 31.0 Å². The van der Waals surface area contributed by atoms with Crippen LogP contribution in [0.15, 0.2) is 35.7 Å². The summed E-state index contributed by atoms with van der Waals surface area (Å²) in [5.74, 6) is -0.559. The Hall–Kier alpha value is -3.95. The van der Waals surface area contributed by atoms with E-state index in [1.54, 1.807) is 18.2 Å². The first-order chi connectivity index (χ1) is 24.9. The van der Waals surface area contributed by atoms with Crippen LogP contribution in [0.25, 0.3) is 21.6 Å². The Labute approximate surface area is 311 Å². The van der Waals surface area contributed by atoms with Crippen LogP contribution < -0.4 is 24.8 Å². The normalized spacial score (nSPS) is 26.0. The Morgan fingerprint density at radius 2 is 1.96 bits per heavy atom. The fourth-order valence-corrected chi connectivity index (χ4v) is 9.45. The minimum atomic E-state index is -3.85. The topological polar surface area (TPSA) is 169 Å². The molecule has 4 atom stereocenters. The molecule has 7 rings (SSSR count). The molecule has 4 heterocycles. The van der Waals surface area contributed by atoms with Gasteiger partial charge in [0.15, 0.2) is 0 Å². The quantitative estimate of drug-likeness (QED) is 0.258. The Bertz CT molecular complexity index is 2030. The second-order valence-electron chi connectivity index (χ2n) is 14.3. The standard InChI is InChI=1S/C36H43ClN6O7S2/c1-20(2)26-19-51-33(40-26)25-16-29(24-12-13-28(49-3)30(37)31(24)39-25)50-22-15-27-32(44)41-36(34(45)42-52(47,48)23-10-11-23)17-21(36)9-7-5-4-6-8-14-38-35(46)43(27)18-22/h7,9,12-13,16,19-23,27H,4-6,8,10-11,14-15,17-18H2,1-3H3,(H,38,46)(H,41,44)(H,42,45)/b9-7-. The molecule has 2 aliphatic carbocycles. The van der Waals surface area contributed by atoms with Gasteiger partial charge in [-0.05, 0) is 56.6 Å². The van der Waals surface area contributed by atoms with Crippen molar-refractivity contribution in [3.63, 3.8) is 0 Å². The van der Waals surface area contributed by atoms with E-state index in [9.17, 15) is 22.8 Å². The van der Waals surface area contributed by atoms with Gasteiger partial charge in [-0.15, -0.1) is 11.3 Å². The van der Waals surface area contributed by atoms with Gasteiger partial charge in [0.1, 0.15) is 44.9 Å². The van der Waals surface area contributed by atoms with Gasteiger partial charge in [-0.1, -0.05) is 44.0 Å². The molecule has 2 aliphatic heterocycles. The van der Waals surface area contributed by atoms with E-state index in [1.165, 1.54) is 23.3 Å². The molecule has 4 amide bonds. The van der Waals surface area contributed by atoms with Crippen molar-refractivity contribution in [2.45, 2.75) is 94.1 Å². The number of methoxy groups -OCH3 is 1. The van der Waals surface area contributed by atoms with E-state index in [-0.39, 0.29) is 31.2 Å². The summed E-state index contributed by atoms with van der Waals surface area (Å²) >= 11 is 8.24. The van der Waals surface area contributed by atoms with Crippen molar-refractivity contribution in [1.29, 1.82) is 0 Å². The van der Waals surface area contributed by atoms with Gasteiger partial charge >= 0.3 is 6.03 Å². The summed E-state index contributed by atoms with van der Waals surface area (Å²) in [5, 5.41) is 8.86. The molecule has 0 radical (unpaired) electrons. The first-order valence-corrected chi connectivity index (χ1v) is 20.6. The number of pyridine rings is 1. The van der Waals surface area contributed by atoms with Crippen LogP contribution in [0.3, 0.4) is 0 Å².